The van der Waals surface area contributed by atoms with Gasteiger partial charge in [0.2, 0.25) is 5.91 Å². The van der Waals surface area contributed by atoms with Crippen molar-refractivity contribution in [2.24, 2.45) is 5.92 Å². The number of carbonyl (C=O) groups is 1. The van der Waals surface area contributed by atoms with E-state index >= 15 is 0 Å². The predicted octanol–water partition coefficient (Wildman–Crippen LogP) is 4.49. The van der Waals surface area contributed by atoms with Crippen LogP contribution in [-0.4, -0.2) is 5.91 Å². The number of amides is 1. The van der Waals surface area contributed by atoms with Crippen LogP contribution in [0.3, 0.4) is 0 Å². The maximum absolute atomic E-state index is 12.0. The molecule has 17 heavy (non-hydrogen) atoms. The fraction of sp³-hybridized carbons (Fsp3) is 0.500. The molecule has 2 nitrogen and oxygen atoms in total. The summed E-state index contributed by atoms with van der Waals surface area (Å²) in [5, 5.41) is 3.49. The zero-order valence-electron chi connectivity index (χ0n) is 10.5. The van der Waals surface area contributed by atoms with E-state index in [4.69, 9.17) is 11.6 Å². The van der Waals surface area contributed by atoms with Gasteiger partial charge in [-0.25, -0.2) is 0 Å². The Bertz CT molecular complexity index is 365. The molecule has 1 amide bonds. The number of halogens is 1. The number of nitrogens with one attached hydrogen (secondary N) is 1. The van der Waals surface area contributed by atoms with Gasteiger partial charge in [0.25, 0.3) is 0 Å². The fourth-order valence-electron chi connectivity index (χ4n) is 1.77. The number of carbonyl (C=O) groups excluding carboxylic acids is 1. The minimum absolute atomic E-state index is 0.0778. The number of unbranched alkanes of at least 4 members (excludes halogenated alkanes) is 1. The Morgan fingerprint density at radius 2 is 2.06 bits per heavy atom. The molecule has 0 aliphatic rings. The molecule has 0 saturated carbocycles. The molecule has 0 spiro atoms. The van der Waals surface area contributed by atoms with Crippen LogP contribution in [0.2, 0.25) is 5.02 Å². The molecule has 0 saturated heterocycles. The van der Waals surface area contributed by atoms with E-state index in [1.165, 1.54) is 0 Å². The van der Waals surface area contributed by atoms with E-state index in [1.807, 2.05) is 25.1 Å². The van der Waals surface area contributed by atoms with E-state index in [2.05, 4.69) is 12.2 Å². The van der Waals surface area contributed by atoms with Crippen LogP contribution >= 0.6 is 11.6 Å². The van der Waals surface area contributed by atoms with Gasteiger partial charge in [0, 0.05) is 5.92 Å². The number of para-hydroxylation sites is 1. The first-order valence-corrected chi connectivity index (χ1v) is 6.62. The standard InChI is InChI=1S/C14H20ClNO/c1-3-5-8-11(4-2)14(17)16-13-10-7-6-9-12(13)15/h6-7,9-11H,3-5,8H2,1-2H3,(H,16,17)/t11-/m0/s1. The van der Waals surface area contributed by atoms with Crippen molar-refractivity contribution >= 4 is 23.2 Å². The second-order valence-corrected chi connectivity index (χ2v) is 4.62. The van der Waals surface area contributed by atoms with Gasteiger partial charge in [0.05, 0.1) is 10.7 Å². The van der Waals surface area contributed by atoms with Crippen LogP contribution in [0.1, 0.15) is 39.5 Å². The normalized spacial score (nSPS) is 12.2. The summed E-state index contributed by atoms with van der Waals surface area (Å²) < 4.78 is 0. The van der Waals surface area contributed by atoms with E-state index in [-0.39, 0.29) is 11.8 Å². The average molecular weight is 254 g/mol. The number of hydrogen-bond donors (Lipinski definition) is 1. The second kappa shape index (κ2) is 7.33. The highest BCUT2D eigenvalue weighted by Gasteiger charge is 2.16. The molecular weight excluding hydrogens is 234 g/mol. The highest BCUT2D eigenvalue weighted by molar-refractivity contribution is 6.33. The summed E-state index contributed by atoms with van der Waals surface area (Å²) >= 11 is 6.01. The summed E-state index contributed by atoms with van der Waals surface area (Å²) in [5.74, 6) is 0.167. The first kappa shape index (κ1) is 14.0. The van der Waals surface area contributed by atoms with Crippen molar-refractivity contribution in [2.75, 3.05) is 5.32 Å². The van der Waals surface area contributed by atoms with Crippen molar-refractivity contribution in [2.45, 2.75) is 39.5 Å². The van der Waals surface area contributed by atoms with Gasteiger partial charge in [0.1, 0.15) is 0 Å². The average Bonchev–Trinajstić information content (AvgIpc) is 2.33. The molecule has 0 aliphatic heterocycles. The minimum Gasteiger partial charge on any atom is -0.325 e. The van der Waals surface area contributed by atoms with Gasteiger partial charge in [-0.2, -0.15) is 0 Å². The van der Waals surface area contributed by atoms with Crippen LogP contribution in [0.4, 0.5) is 5.69 Å². The summed E-state index contributed by atoms with van der Waals surface area (Å²) in [4.78, 5) is 12.0. The Labute approximate surface area is 108 Å². The van der Waals surface area contributed by atoms with Gasteiger partial charge in [-0.1, -0.05) is 50.4 Å². The molecule has 1 atom stereocenters. The first-order valence-electron chi connectivity index (χ1n) is 6.24. The van der Waals surface area contributed by atoms with E-state index in [0.29, 0.717) is 10.7 Å². The number of hydrogen-bond acceptors (Lipinski definition) is 1. The second-order valence-electron chi connectivity index (χ2n) is 4.22. The van der Waals surface area contributed by atoms with Gasteiger partial charge >= 0.3 is 0 Å². The van der Waals surface area contributed by atoms with E-state index < -0.39 is 0 Å². The van der Waals surface area contributed by atoms with Crippen LogP contribution in [0.25, 0.3) is 0 Å². The van der Waals surface area contributed by atoms with Crippen molar-refractivity contribution in [3.8, 4) is 0 Å². The van der Waals surface area contributed by atoms with Crippen LogP contribution in [-0.2, 0) is 4.79 Å². The zero-order valence-corrected chi connectivity index (χ0v) is 11.3. The fourth-order valence-corrected chi connectivity index (χ4v) is 1.95. The molecule has 1 aromatic carbocycles. The molecule has 1 aromatic rings. The molecule has 0 aromatic heterocycles. The van der Waals surface area contributed by atoms with Gasteiger partial charge in [0.15, 0.2) is 0 Å². The number of anilines is 1. The molecule has 0 aliphatic carbocycles. The SMILES string of the molecule is CCCC[C@H](CC)C(=O)Nc1ccccc1Cl. The maximum atomic E-state index is 12.0. The lowest BCUT2D eigenvalue weighted by Crippen LogP contribution is -2.22. The molecule has 1 N–H and O–H groups in total. The number of benzene rings is 1. The zero-order chi connectivity index (χ0) is 12.7. The first-order chi connectivity index (χ1) is 8.19. The third kappa shape index (κ3) is 4.39. The predicted molar refractivity (Wildman–Crippen MR) is 73.4 cm³/mol. The van der Waals surface area contributed by atoms with Crippen LogP contribution in [0.15, 0.2) is 24.3 Å². The van der Waals surface area contributed by atoms with Crippen molar-refractivity contribution in [3.05, 3.63) is 29.3 Å². The smallest absolute Gasteiger partial charge is 0.227 e. The molecule has 3 heteroatoms. The summed E-state index contributed by atoms with van der Waals surface area (Å²) in [6, 6.07) is 7.33. The van der Waals surface area contributed by atoms with E-state index in [0.717, 1.165) is 25.7 Å². The molecule has 1 rings (SSSR count). The third-order valence-electron chi connectivity index (χ3n) is 2.90. The molecular formula is C14H20ClNO. The summed E-state index contributed by atoms with van der Waals surface area (Å²) in [6.45, 7) is 4.19. The highest BCUT2D eigenvalue weighted by atomic mass is 35.5. The Morgan fingerprint density at radius 1 is 1.35 bits per heavy atom. The lowest BCUT2D eigenvalue weighted by molar-refractivity contribution is -0.120. The van der Waals surface area contributed by atoms with Crippen molar-refractivity contribution in [1.82, 2.24) is 0 Å². The Kier molecular flexibility index (Phi) is 6.06. The van der Waals surface area contributed by atoms with Crippen LogP contribution in [0.5, 0.6) is 0 Å². The Balaban J connectivity index is 2.61. The van der Waals surface area contributed by atoms with Crippen LogP contribution < -0.4 is 5.32 Å². The van der Waals surface area contributed by atoms with Gasteiger partial charge in [-0.3, -0.25) is 4.79 Å². The summed E-state index contributed by atoms with van der Waals surface area (Å²) in [7, 11) is 0. The van der Waals surface area contributed by atoms with Crippen LogP contribution in [0, 0.1) is 5.92 Å². The molecule has 0 radical (unpaired) electrons. The minimum atomic E-state index is 0.0778. The van der Waals surface area contributed by atoms with E-state index in [9.17, 15) is 4.79 Å². The molecule has 94 valence electrons. The lowest BCUT2D eigenvalue weighted by atomic mass is 9.98. The van der Waals surface area contributed by atoms with Gasteiger partial charge < -0.3 is 5.32 Å². The maximum Gasteiger partial charge on any atom is 0.227 e. The molecule has 0 bridgehead atoms. The van der Waals surface area contributed by atoms with Crippen molar-refractivity contribution in [1.29, 1.82) is 0 Å². The molecule has 0 fully saturated rings. The third-order valence-corrected chi connectivity index (χ3v) is 3.23. The quantitative estimate of drug-likeness (QED) is 0.795. The highest BCUT2D eigenvalue weighted by Crippen LogP contribution is 2.22. The summed E-state index contributed by atoms with van der Waals surface area (Å²) in [5.41, 5.74) is 0.703. The topological polar surface area (TPSA) is 29.1 Å². The molecule has 0 unspecified atom stereocenters. The van der Waals surface area contributed by atoms with Gasteiger partial charge in [-0.05, 0) is 25.0 Å². The lowest BCUT2D eigenvalue weighted by Gasteiger charge is -2.15. The monoisotopic (exact) mass is 253 g/mol. The largest absolute Gasteiger partial charge is 0.325 e. The number of rotatable bonds is 6. The van der Waals surface area contributed by atoms with Crippen molar-refractivity contribution in [3.63, 3.8) is 0 Å². The van der Waals surface area contributed by atoms with E-state index in [1.54, 1.807) is 6.07 Å². The van der Waals surface area contributed by atoms with Crippen molar-refractivity contribution < 1.29 is 4.79 Å². The summed E-state index contributed by atoms with van der Waals surface area (Å²) in [6.07, 6.45) is 4.03. The van der Waals surface area contributed by atoms with Gasteiger partial charge in [-0.15, -0.1) is 0 Å². The Morgan fingerprint density at radius 3 is 2.65 bits per heavy atom. The Hall–Kier alpha value is -1.02. The molecule has 0 heterocycles.